The van der Waals surface area contributed by atoms with Gasteiger partial charge in [-0.2, -0.15) is 0 Å². The van der Waals surface area contributed by atoms with Crippen molar-refractivity contribution in [2.45, 2.75) is 0 Å². The highest BCUT2D eigenvalue weighted by Gasteiger charge is 2.00. The van der Waals surface area contributed by atoms with Crippen LogP contribution in [-0.4, -0.2) is 38.7 Å². The van der Waals surface area contributed by atoms with Gasteiger partial charge in [0.25, 0.3) is 0 Å². The largest absolute Gasteiger partial charge is 0.507 e. The van der Waals surface area contributed by atoms with Gasteiger partial charge in [-0.1, -0.05) is 11.3 Å². The van der Waals surface area contributed by atoms with E-state index in [-0.39, 0.29) is 5.75 Å². The Kier molecular flexibility index (Phi) is 3.45. The molecule has 5 heteroatoms. The van der Waals surface area contributed by atoms with Crippen molar-refractivity contribution in [1.29, 1.82) is 0 Å². The maximum absolute atomic E-state index is 10.3. The van der Waals surface area contributed by atoms with Crippen molar-refractivity contribution in [2.24, 2.45) is 0 Å². The van der Waals surface area contributed by atoms with Crippen LogP contribution < -0.4 is 5.19 Å². The maximum atomic E-state index is 10.3. The lowest BCUT2D eigenvalue weighted by atomic mass is 10.2. The topological polar surface area (TPSA) is 37.3 Å². The van der Waals surface area contributed by atoms with E-state index in [2.05, 4.69) is 9.76 Å². The average Bonchev–Trinajstić information content (AvgIpc) is 2.05. The van der Waals surface area contributed by atoms with Gasteiger partial charge in [0.1, 0.15) is 5.75 Å². The summed E-state index contributed by atoms with van der Waals surface area (Å²) in [6.07, 6.45) is 0.651. The highest BCUT2D eigenvalue weighted by atomic mass is 29.5. The highest BCUT2D eigenvalue weighted by Crippen LogP contribution is 2.10. The zero-order chi connectivity index (χ0) is 8.97. The zero-order valence-corrected chi connectivity index (χ0v) is 9.16. The SMILES string of the molecule is O=Cc1ccc([Si][Si][Si])cc1O. The summed E-state index contributed by atoms with van der Waals surface area (Å²) in [4.78, 5) is 10.3. The van der Waals surface area contributed by atoms with Gasteiger partial charge in [0.05, 0.1) is 14.6 Å². The van der Waals surface area contributed by atoms with E-state index in [1.807, 2.05) is 6.07 Å². The number of hydrogen-bond acceptors (Lipinski definition) is 2. The summed E-state index contributed by atoms with van der Waals surface area (Å²) in [5.74, 6) is 0.0694. The molecule has 0 atom stereocenters. The Labute approximate surface area is 78.6 Å². The first-order valence-electron chi connectivity index (χ1n) is 3.24. The van der Waals surface area contributed by atoms with Gasteiger partial charge in [0.15, 0.2) is 6.29 Å². The molecule has 0 bridgehead atoms. The van der Waals surface area contributed by atoms with Crippen molar-refractivity contribution in [2.75, 3.05) is 0 Å². The van der Waals surface area contributed by atoms with E-state index in [9.17, 15) is 9.90 Å². The summed E-state index contributed by atoms with van der Waals surface area (Å²) >= 11 is 0. The average molecular weight is 205 g/mol. The van der Waals surface area contributed by atoms with Crippen LogP contribution in [-0.2, 0) is 0 Å². The lowest BCUT2D eigenvalue weighted by molar-refractivity contribution is 0.112. The fraction of sp³-hybridized carbons (Fsp3) is 0. The first kappa shape index (κ1) is 9.43. The monoisotopic (exact) mass is 205 g/mol. The van der Waals surface area contributed by atoms with Gasteiger partial charge in [0, 0.05) is 18.3 Å². The van der Waals surface area contributed by atoms with Crippen LogP contribution in [0.2, 0.25) is 0 Å². The second-order valence-corrected chi connectivity index (χ2v) is 6.97. The van der Waals surface area contributed by atoms with Crippen molar-refractivity contribution >= 4 is 38.8 Å². The number of aromatic hydroxyl groups is 1. The Bertz CT molecular complexity index is 288. The summed E-state index contributed by atoms with van der Waals surface area (Å²) in [5, 5.41) is 10.3. The van der Waals surface area contributed by atoms with E-state index >= 15 is 0 Å². The number of aldehydes is 1. The molecule has 0 heterocycles. The molecule has 0 aliphatic carbocycles. The van der Waals surface area contributed by atoms with E-state index in [1.165, 1.54) is 0 Å². The minimum atomic E-state index is 0.0694. The second kappa shape index (κ2) is 4.39. The van der Waals surface area contributed by atoms with Gasteiger partial charge < -0.3 is 5.11 Å². The molecule has 12 heavy (non-hydrogen) atoms. The molecule has 1 aromatic carbocycles. The van der Waals surface area contributed by atoms with Crippen molar-refractivity contribution in [3.05, 3.63) is 23.8 Å². The molecule has 0 aliphatic heterocycles. The van der Waals surface area contributed by atoms with E-state index in [0.29, 0.717) is 29.4 Å². The van der Waals surface area contributed by atoms with Gasteiger partial charge in [-0.25, -0.2) is 0 Å². The quantitative estimate of drug-likeness (QED) is 0.520. The number of rotatable bonds is 3. The molecule has 1 rings (SSSR count). The first-order chi connectivity index (χ1) is 5.77. The second-order valence-electron chi connectivity index (χ2n) is 2.14. The lowest BCUT2D eigenvalue weighted by Crippen LogP contribution is -2.20. The fourth-order valence-corrected chi connectivity index (χ4v) is 3.51. The van der Waals surface area contributed by atoms with Gasteiger partial charge in [-0.05, 0) is 12.1 Å². The number of carbonyl (C=O) groups excluding carboxylic acids is 1. The Balaban J connectivity index is 2.93. The Hall–Kier alpha value is -0.659. The van der Waals surface area contributed by atoms with Crippen LogP contribution in [0, 0.1) is 0 Å². The summed E-state index contributed by atoms with van der Waals surface area (Å²) in [5.41, 5.74) is 0.348. The first-order valence-corrected chi connectivity index (χ1v) is 7.74. The summed E-state index contributed by atoms with van der Waals surface area (Å²) in [6, 6.07) is 5.13. The molecule has 57 valence electrons. The van der Waals surface area contributed by atoms with E-state index in [4.69, 9.17) is 0 Å². The predicted octanol–water partition coefficient (Wildman–Crippen LogP) is -0.763. The Morgan fingerprint density at radius 2 is 2.25 bits per heavy atom. The number of benzene rings is 1. The molecule has 0 fully saturated rings. The van der Waals surface area contributed by atoms with E-state index in [1.54, 1.807) is 12.1 Å². The zero-order valence-electron chi connectivity index (χ0n) is 6.16. The summed E-state index contributed by atoms with van der Waals surface area (Å²) in [6.45, 7) is 0. The van der Waals surface area contributed by atoms with E-state index < -0.39 is 0 Å². The smallest absolute Gasteiger partial charge is 0.153 e. The molecule has 2 nitrogen and oxygen atoms in total. The molecule has 0 unspecified atom stereocenters. The number of hydrogen-bond donors (Lipinski definition) is 1. The van der Waals surface area contributed by atoms with Crippen molar-refractivity contribution < 1.29 is 9.90 Å². The van der Waals surface area contributed by atoms with Gasteiger partial charge in [-0.3, -0.25) is 4.79 Å². The molecule has 0 aliphatic rings. The standard InChI is InChI=1S/C7H5O2Si3/c8-4-5-1-2-6(11-12-10)3-7(5)9/h1-4,9H. The van der Waals surface area contributed by atoms with Crippen molar-refractivity contribution in [3.8, 4) is 5.75 Å². The Morgan fingerprint density at radius 1 is 1.50 bits per heavy atom. The van der Waals surface area contributed by atoms with Crippen molar-refractivity contribution in [3.63, 3.8) is 0 Å². The Morgan fingerprint density at radius 3 is 2.75 bits per heavy atom. The third-order valence-electron chi connectivity index (χ3n) is 1.36. The molecule has 1 aromatic rings. The van der Waals surface area contributed by atoms with Crippen LogP contribution in [0.15, 0.2) is 18.2 Å². The fourth-order valence-electron chi connectivity index (χ4n) is 0.793. The van der Waals surface area contributed by atoms with Crippen LogP contribution in [0.25, 0.3) is 0 Å². The maximum Gasteiger partial charge on any atom is 0.153 e. The predicted molar refractivity (Wildman–Crippen MR) is 50.4 cm³/mol. The molecule has 0 amide bonds. The minimum absolute atomic E-state index is 0.0694. The lowest BCUT2D eigenvalue weighted by Gasteiger charge is -2.00. The van der Waals surface area contributed by atoms with Crippen LogP contribution in [0.3, 0.4) is 0 Å². The van der Waals surface area contributed by atoms with Crippen LogP contribution in [0.5, 0.6) is 5.75 Å². The molecule has 0 spiro atoms. The highest BCUT2D eigenvalue weighted by molar-refractivity contribution is 7.27. The van der Waals surface area contributed by atoms with Crippen LogP contribution >= 0.6 is 0 Å². The summed E-state index contributed by atoms with van der Waals surface area (Å²) in [7, 11) is 4.69. The third kappa shape index (κ3) is 2.16. The molecule has 7 radical (unpaired) electrons. The van der Waals surface area contributed by atoms with E-state index in [0.717, 1.165) is 5.19 Å². The number of carbonyl (C=O) groups is 1. The minimum Gasteiger partial charge on any atom is -0.507 e. The molecule has 0 aromatic heterocycles. The molecule has 0 saturated heterocycles. The molecule has 0 saturated carbocycles. The van der Waals surface area contributed by atoms with Gasteiger partial charge in [-0.15, -0.1) is 0 Å². The third-order valence-corrected chi connectivity index (χ3v) is 4.45. The van der Waals surface area contributed by atoms with Crippen molar-refractivity contribution in [1.82, 2.24) is 0 Å². The van der Waals surface area contributed by atoms with Gasteiger partial charge >= 0.3 is 0 Å². The van der Waals surface area contributed by atoms with Crippen LogP contribution in [0.1, 0.15) is 10.4 Å². The van der Waals surface area contributed by atoms with Crippen LogP contribution in [0.4, 0.5) is 0 Å². The van der Waals surface area contributed by atoms with Gasteiger partial charge in [0.2, 0.25) is 0 Å². The molecular weight excluding hydrogens is 200 g/mol. The normalized spacial score (nSPS) is 9.75. The molecular formula is C7H5O2Si3. The summed E-state index contributed by atoms with van der Waals surface area (Å²) < 4.78 is 0. The molecule has 1 N–H and O–H groups in total. The number of phenols is 1. The number of phenolic OH excluding ortho intramolecular Hbond substituents is 1.